The minimum Gasteiger partial charge on any atom is -0.481 e. The highest BCUT2D eigenvalue weighted by atomic mass is 16.4. The molecule has 0 aliphatic carbocycles. The summed E-state index contributed by atoms with van der Waals surface area (Å²) in [6.07, 6.45) is 4.49. The van der Waals surface area contributed by atoms with E-state index in [9.17, 15) is 9.59 Å². The summed E-state index contributed by atoms with van der Waals surface area (Å²) in [5.41, 5.74) is 5.46. The highest BCUT2D eigenvalue weighted by Crippen LogP contribution is 2.21. The Morgan fingerprint density at radius 2 is 1.50 bits per heavy atom. The molecule has 0 amide bonds. The molecule has 2 unspecified atom stereocenters. The van der Waals surface area contributed by atoms with Crippen LogP contribution in [0.3, 0.4) is 0 Å². The average Bonchev–Trinajstić information content (AvgIpc) is 2.26. The van der Waals surface area contributed by atoms with E-state index in [1.807, 2.05) is 6.92 Å². The Kier molecular flexibility index (Phi) is 9.28. The van der Waals surface area contributed by atoms with Gasteiger partial charge in [0.15, 0.2) is 0 Å². The van der Waals surface area contributed by atoms with E-state index in [0.717, 1.165) is 32.1 Å². The van der Waals surface area contributed by atoms with Crippen LogP contribution in [0, 0.1) is 11.8 Å². The van der Waals surface area contributed by atoms with Crippen LogP contribution in [0.4, 0.5) is 0 Å². The molecule has 0 heterocycles. The van der Waals surface area contributed by atoms with Gasteiger partial charge in [0.05, 0.1) is 0 Å². The molecule has 0 saturated heterocycles. The molecule has 0 saturated carbocycles. The molecule has 0 aromatic carbocycles. The Labute approximate surface area is 108 Å². The van der Waals surface area contributed by atoms with Crippen molar-refractivity contribution in [2.24, 2.45) is 17.6 Å². The van der Waals surface area contributed by atoms with Gasteiger partial charge in [0, 0.05) is 12.8 Å². The van der Waals surface area contributed by atoms with Gasteiger partial charge in [-0.3, -0.25) is 9.59 Å². The summed E-state index contributed by atoms with van der Waals surface area (Å²) < 4.78 is 0. The molecular formula is C13H25NO4. The zero-order valence-electron chi connectivity index (χ0n) is 11.1. The standard InChI is InChI=1S/C13H25NO4/c1-2-10(8-12(15)16)4-3-5-11(6-7-14)9-13(17)18/h10-11H,2-9,14H2,1H3,(H,15,16)(H,17,18). The number of carbonyl (C=O) groups is 2. The third kappa shape index (κ3) is 8.98. The summed E-state index contributed by atoms with van der Waals surface area (Å²) in [5, 5.41) is 17.5. The maximum absolute atomic E-state index is 10.7. The van der Waals surface area contributed by atoms with Crippen molar-refractivity contribution in [1.29, 1.82) is 0 Å². The molecule has 5 heteroatoms. The largest absolute Gasteiger partial charge is 0.481 e. The molecule has 18 heavy (non-hydrogen) atoms. The highest BCUT2D eigenvalue weighted by Gasteiger charge is 2.15. The van der Waals surface area contributed by atoms with Gasteiger partial charge in [0.1, 0.15) is 0 Å². The van der Waals surface area contributed by atoms with Gasteiger partial charge in [0.2, 0.25) is 0 Å². The van der Waals surface area contributed by atoms with Crippen molar-refractivity contribution in [3.05, 3.63) is 0 Å². The van der Waals surface area contributed by atoms with Crippen molar-refractivity contribution in [3.63, 3.8) is 0 Å². The maximum atomic E-state index is 10.7. The topological polar surface area (TPSA) is 101 Å². The average molecular weight is 259 g/mol. The molecule has 2 atom stereocenters. The molecule has 0 rings (SSSR count). The molecule has 0 aliphatic rings. The number of nitrogens with two attached hydrogens (primary N) is 1. The molecule has 4 N–H and O–H groups in total. The summed E-state index contributed by atoms with van der Waals surface area (Å²) in [4.78, 5) is 21.3. The SMILES string of the molecule is CCC(CCCC(CCN)CC(=O)O)CC(=O)O. The summed E-state index contributed by atoms with van der Waals surface area (Å²) in [6.45, 7) is 2.49. The van der Waals surface area contributed by atoms with Gasteiger partial charge >= 0.3 is 11.9 Å². The molecule has 0 fully saturated rings. The Morgan fingerprint density at radius 1 is 1.00 bits per heavy atom. The second kappa shape index (κ2) is 9.88. The van der Waals surface area contributed by atoms with E-state index in [0.29, 0.717) is 6.54 Å². The van der Waals surface area contributed by atoms with Crippen LogP contribution >= 0.6 is 0 Å². The zero-order chi connectivity index (χ0) is 14.0. The van der Waals surface area contributed by atoms with Crippen molar-refractivity contribution in [3.8, 4) is 0 Å². The summed E-state index contributed by atoms with van der Waals surface area (Å²) in [5.74, 6) is -1.22. The number of aliphatic carboxylic acids is 2. The molecular weight excluding hydrogens is 234 g/mol. The zero-order valence-corrected chi connectivity index (χ0v) is 11.1. The van der Waals surface area contributed by atoms with Gasteiger partial charge in [-0.05, 0) is 37.6 Å². The van der Waals surface area contributed by atoms with Crippen LogP contribution in [0.15, 0.2) is 0 Å². The highest BCUT2D eigenvalue weighted by molar-refractivity contribution is 5.67. The summed E-state index contributed by atoms with van der Waals surface area (Å²) in [6, 6.07) is 0. The van der Waals surface area contributed by atoms with Gasteiger partial charge in [-0.15, -0.1) is 0 Å². The normalized spacial score (nSPS) is 14.1. The molecule has 106 valence electrons. The van der Waals surface area contributed by atoms with Crippen molar-refractivity contribution < 1.29 is 19.8 Å². The second-order valence-corrected chi connectivity index (χ2v) is 4.84. The van der Waals surface area contributed by atoms with E-state index in [-0.39, 0.29) is 24.7 Å². The van der Waals surface area contributed by atoms with Crippen LogP contribution < -0.4 is 5.73 Å². The fourth-order valence-electron chi connectivity index (χ4n) is 2.22. The van der Waals surface area contributed by atoms with Crippen LogP contribution in [-0.2, 0) is 9.59 Å². The Bertz CT molecular complexity index is 255. The van der Waals surface area contributed by atoms with Gasteiger partial charge in [0.25, 0.3) is 0 Å². The predicted octanol–water partition coefficient (Wildman–Crippen LogP) is 2.10. The summed E-state index contributed by atoms with van der Waals surface area (Å²) in [7, 11) is 0. The van der Waals surface area contributed by atoms with E-state index >= 15 is 0 Å². The predicted molar refractivity (Wildman–Crippen MR) is 69.3 cm³/mol. The molecule has 5 nitrogen and oxygen atoms in total. The first kappa shape index (κ1) is 16.9. The molecule has 0 bridgehead atoms. The lowest BCUT2D eigenvalue weighted by molar-refractivity contribution is -0.139. The van der Waals surface area contributed by atoms with Crippen molar-refractivity contribution in [2.75, 3.05) is 6.54 Å². The lowest BCUT2D eigenvalue weighted by Gasteiger charge is -2.16. The van der Waals surface area contributed by atoms with E-state index < -0.39 is 11.9 Å². The molecule has 0 aromatic rings. The van der Waals surface area contributed by atoms with Crippen LogP contribution in [0.2, 0.25) is 0 Å². The van der Waals surface area contributed by atoms with Crippen molar-refractivity contribution in [2.45, 2.75) is 51.9 Å². The molecule has 0 aliphatic heterocycles. The first-order valence-corrected chi connectivity index (χ1v) is 6.63. The third-order valence-corrected chi connectivity index (χ3v) is 3.30. The van der Waals surface area contributed by atoms with Crippen molar-refractivity contribution in [1.82, 2.24) is 0 Å². The number of hydrogen-bond acceptors (Lipinski definition) is 3. The molecule has 0 spiro atoms. The van der Waals surface area contributed by atoms with Crippen molar-refractivity contribution >= 4 is 11.9 Å². The van der Waals surface area contributed by atoms with E-state index in [2.05, 4.69) is 0 Å². The smallest absolute Gasteiger partial charge is 0.303 e. The minimum absolute atomic E-state index is 0.120. The van der Waals surface area contributed by atoms with Crippen LogP contribution in [0.1, 0.15) is 51.9 Å². The maximum Gasteiger partial charge on any atom is 0.303 e. The molecule has 0 radical (unpaired) electrons. The van der Waals surface area contributed by atoms with Gasteiger partial charge in [-0.25, -0.2) is 0 Å². The van der Waals surface area contributed by atoms with Gasteiger partial charge in [-0.1, -0.05) is 19.8 Å². The number of hydrogen-bond donors (Lipinski definition) is 3. The van der Waals surface area contributed by atoms with E-state index in [4.69, 9.17) is 15.9 Å². The fraction of sp³-hybridized carbons (Fsp3) is 0.846. The Balaban J connectivity index is 3.94. The summed E-state index contributed by atoms with van der Waals surface area (Å²) >= 11 is 0. The number of carboxylic acids is 2. The van der Waals surface area contributed by atoms with E-state index in [1.165, 1.54) is 0 Å². The molecule has 0 aromatic heterocycles. The first-order valence-electron chi connectivity index (χ1n) is 6.63. The first-order chi connectivity index (χ1) is 8.49. The Morgan fingerprint density at radius 3 is 1.94 bits per heavy atom. The monoisotopic (exact) mass is 259 g/mol. The van der Waals surface area contributed by atoms with Crippen LogP contribution in [-0.4, -0.2) is 28.7 Å². The van der Waals surface area contributed by atoms with Gasteiger partial charge < -0.3 is 15.9 Å². The minimum atomic E-state index is -0.786. The second-order valence-electron chi connectivity index (χ2n) is 4.84. The van der Waals surface area contributed by atoms with Crippen LogP contribution in [0.5, 0.6) is 0 Å². The lowest BCUT2D eigenvalue weighted by atomic mass is 9.90. The van der Waals surface area contributed by atoms with Gasteiger partial charge in [-0.2, -0.15) is 0 Å². The Hall–Kier alpha value is -1.10. The number of rotatable bonds is 11. The van der Waals surface area contributed by atoms with E-state index in [1.54, 1.807) is 0 Å². The quantitative estimate of drug-likeness (QED) is 0.527. The van der Waals surface area contributed by atoms with Crippen LogP contribution in [0.25, 0.3) is 0 Å². The number of carboxylic acid groups (broad SMARTS) is 2. The fourth-order valence-corrected chi connectivity index (χ4v) is 2.22. The third-order valence-electron chi connectivity index (χ3n) is 3.30. The lowest BCUT2D eigenvalue weighted by Crippen LogP contribution is -2.14.